The third-order valence-electron chi connectivity index (χ3n) is 4.78. The first-order valence-corrected chi connectivity index (χ1v) is 9.06. The van der Waals surface area contributed by atoms with E-state index in [1.165, 1.54) is 6.26 Å². The summed E-state index contributed by atoms with van der Waals surface area (Å²) in [5, 5.41) is 3.26. The van der Waals surface area contributed by atoms with E-state index in [0.717, 1.165) is 44.9 Å². The summed E-state index contributed by atoms with van der Waals surface area (Å²) in [5.41, 5.74) is 0. The average molecular weight is 357 g/mol. The minimum Gasteiger partial charge on any atom is -0.459 e. The molecular weight excluding hydrogens is 334 g/mol. The fourth-order valence-corrected chi connectivity index (χ4v) is 3.32. The average Bonchev–Trinajstić information content (AvgIpc) is 3.40. The van der Waals surface area contributed by atoms with Gasteiger partial charge in [-0.1, -0.05) is 0 Å². The molecule has 1 atom stereocenters. The summed E-state index contributed by atoms with van der Waals surface area (Å²) in [6, 6.07) is 5.34. The molecule has 1 amide bonds. The van der Waals surface area contributed by atoms with Gasteiger partial charge in [0.1, 0.15) is 5.82 Å². The molecule has 2 aromatic heterocycles. The predicted molar refractivity (Wildman–Crippen MR) is 96.3 cm³/mol. The molecule has 2 aliphatic heterocycles. The van der Waals surface area contributed by atoms with Gasteiger partial charge < -0.3 is 24.3 Å². The molecule has 2 fully saturated rings. The van der Waals surface area contributed by atoms with E-state index in [9.17, 15) is 4.79 Å². The largest absolute Gasteiger partial charge is 0.459 e. The number of amides is 1. The van der Waals surface area contributed by atoms with Crippen LogP contribution in [0.3, 0.4) is 0 Å². The number of furan rings is 1. The third kappa shape index (κ3) is 3.80. The van der Waals surface area contributed by atoms with Gasteiger partial charge in [-0.15, -0.1) is 0 Å². The van der Waals surface area contributed by atoms with Gasteiger partial charge in [0.2, 0.25) is 5.95 Å². The molecule has 1 unspecified atom stereocenters. The number of nitrogens with one attached hydrogen (secondary N) is 1. The summed E-state index contributed by atoms with van der Waals surface area (Å²) >= 11 is 0. The molecule has 8 heteroatoms. The monoisotopic (exact) mass is 357 g/mol. The van der Waals surface area contributed by atoms with Crippen molar-refractivity contribution >= 4 is 17.7 Å². The topological polar surface area (TPSA) is 83.7 Å². The van der Waals surface area contributed by atoms with Crippen LogP contribution >= 0.6 is 0 Å². The lowest BCUT2D eigenvalue weighted by Crippen LogP contribution is -2.49. The summed E-state index contributed by atoms with van der Waals surface area (Å²) in [4.78, 5) is 25.2. The highest BCUT2D eigenvalue weighted by Crippen LogP contribution is 2.17. The van der Waals surface area contributed by atoms with Crippen LogP contribution in [0, 0.1) is 0 Å². The number of carbonyl (C=O) groups is 1. The Kier molecular flexibility index (Phi) is 5.01. The van der Waals surface area contributed by atoms with Gasteiger partial charge in [0.15, 0.2) is 5.76 Å². The lowest BCUT2D eigenvalue weighted by molar-refractivity contribution is 0.0714. The van der Waals surface area contributed by atoms with Crippen LogP contribution in [-0.4, -0.2) is 66.2 Å². The summed E-state index contributed by atoms with van der Waals surface area (Å²) < 4.78 is 10.8. The van der Waals surface area contributed by atoms with Crippen LogP contribution in [0.15, 0.2) is 35.1 Å². The van der Waals surface area contributed by atoms with Crippen molar-refractivity contribution in [3.8, 4) is 0 Å². The fraction of sp³-hybridized carbons (Fsp3) is 0.500. The second kappa shape index (κ2) is 7.74. The summed E-state index contributed by atoms with van der Waals surface area (Å²) in [7, 11) is 0. The molecule has 4 rings (SSSR count). The molecule has 26 heavy (non-hydrogen) atoms. The fourth-order valence-electron chi connectivity index (χ4n) is 3.32. The zero-order valence-electron chi connectivity index (χ0n) is 14.6. The molecule has 2 aliphatic rings. The number of nitrogens with zero attached hydrogens (tertiary/aromatic N) is 4. The normalized spacial score (nSPS) is 20.4. The second-order valence-corrected chi connectivity index (χ2v) is 6.51. The van der Waals surface area contributed by atoms with Crippen LogP contribution in [0.5, 0.6) is 0 Å². The molecule has 8 nitrogen and oxygen atoms in total. The number of rotatable bonds is 5. The van der Waals surface area contributed by atoms with Crippen LogP contribution in [0.4, 0.5) is 11.8 Å². The van der Waals surface area contributed by atoms with Gasteiger partial charge in [0.05, 0.1) is 12.4 Å². The van der Waals surface area contributed by atoms with E-state index < -0.39 is 0 Å². The second-order valence-electron chi connectivity index (χ2n) is 6.51. The first-order chi connectivity index (χ1) is 12.8. The highest BCUT2D eigenvalue weighted by Gasteiger charge is 2.24. The summed E-state index contributed by atoms with van der Waals surface area (Å²) in [6.07, 6.45) is 5.74. The molecular formula is C18H23N5O3. The van der Waals surface area contributed by atoms with Gasteiger partial charge in [-0.3, -0.25) is 4.79 Å². The van der Waals surface area contributed by atoms with Crippen LogP contribution < -0.4 is 10.2 Å². The van der Waals surface area contributed by atoms with Crippen molar-refractivity contribution in [3.63, 3.8) is 0 Å². The van der Waals surface area contributed by atoms with E-state index >= 15 is 0 Å². The maximum atomic E-state index is 12.3. The van der Waals surface area contributed by atoms with Crippen molar-refractivity contribution in [2.24, 2.45) is 0 Å². The number of carbonyl (C=O) groups excluding carboxylic acids is 1. The first kappa shape index (κ1) is 16.8. The van der Waals surface area contributed by atoms with E-state index in [0.29, 0.717) is 24.8 Å². The Labute approximate surface area is 152 Å². The zero-order valence-corrected chi connectivity index (χ0v) is 14.6. The Hall–Kier alpha value is -2.61. The number of aromatic nitrogens is 2. The van der Waals surface area contributed by atoms with E-state index in [4.69, 9.17) is 9.15 Å². The van der Waals surface area contributed by atoms with E-state index in [2.05, 4.69) is 20.2 Å². The zero-order chi connectivity index (χ0) is 17.8. The molecule has 2 saturated heterocycles. The molecule has 2 aromatic rings. The third-order valence-corrected chi connectivity index (χ3v) is 4.78. The van der Waals surface area contributed by atoms with Crippen molar-refractivity contribution in [1.82, 2.24) is 14.9 Å². The van der Waals surface area contributed by atoms with Crippen molar-refractivity contribution in [3.05, 3.63) is 36.4 Å². The van der Waals surface area contributed by atoms with Crippen LogP contribution in [-0.2, 0) is 4.74 Å². The number of ether oxygens (including phenoxy) is 1. The maximum absolute atomic E-state index is 12.3. The Bertz CT molecular complexity index is 722. The van der Waals surface area contributed by atoms with Gasteiger partial charge in [-0.2, -0.15) is 4.98 Å². The number of anilines is 2. The minimum atomic E-state index is -0.0590. The lowest BCUT2D eigenvalue weighted by atomic mass is 10.2. The molecule has 138 valence electrons. The molecule has 0 spiro atoms. The van der Waals surface area contributed by atoms with Crippen LogP contribution in [0.25, 0.3) is 0 Å². The first-order valence-electron chi connectivity index (χ1n) is 9.06. The molecule has 0 saturated carbocycles. The number of hydrogen-bond donors (Lipinski definition) is 1. The van der Waals surface area contributed by atoms with Crippen LogP contribution in [0.1, 0.15) is 23.4 Å². The van der Waals surface area contributed by atoms with Crippen molar-refractivity contribution in [2.45, 2.75) is 18.9 Å². The van der Waals surface area contributed by atoms with E-state index in [1.807, 2.05) is 11.0 Å². The van der Waals surface area contributed by atoms with Gasteiger partial charge in [-0.25, -0.2) is 4.98 Å². The Morgan fingerprint density at radius 1 is 1.27 bits per heavy atom. The molecule has 0 bridgehead atoms. The molecule has 0 aliphatic carbocycles. The van der Waals surface area contributed by atoms with E-state index in [-0.39, 0.29) is 12.0 Å². The molecule has 4 heterocycles. The molecule has 1 N–H and O–H groups in total. The van der Waals surface area contributed by atoms with Gasteiger partial charge in [-0.05, 0) is 31.0 Å². The Morgan fingerprint density at radius 3 is 2.88 bits per heavy atom. The summed E-state index contributed by atoms with van der Waals surface area (Å²) in [5.74, 6) is 1.82. The van der Waals surface area contributed by atoms with Crippen LogP contribution in [0.2, 0.25) is 0 Å². The quantitative estimate of drug-likeness (QED) is 0.870. The number of piperazine rings is 1. The summed E-state index contributed by atoms with van der Waals surface area (Å²) in [6.45, 7) is 4.32. The smallest absolute Gasteiger partial charge is 0.289 e. The Balaban J connectivity index is 1.32. The SMILES string of the molecule is O=C(c1ccco1)N1CCN(c2ccnc(NCC3CCCO3)n2)CC1. The minimum absolute atomic E-state index is 0.0590. The lowest BCUT2D eigenvalue weighted by Gasteiger charge is -2.35. The van der Waals surface area contributed by atoms with E-state index in [1.54, 1.807) is 18.3 Å². The van der Waals surface area contributed by atoms with Gasteiger partial charge in [0, 0.05) is 45.5 Å². The molecule has 0 aromatic carbocycles. The van der Waals surface area contributed by atoms with Crippen molar-refractivity contribution in [1.29, 1.82) is 0 Å². The number of hydrogen-bond acceptors (Lipinski definition) is 7. The molecule has 0 radical (unpaired) electrons. The predicted octanol–water partition coefficient (Wildman–Crippen LogP) is 1.62. The Morgan fingerprint density at radius 2 is 2.15 bits per heavy atom. The van der Waals surface area contributed by atoms with Gasteiger partial charge >= 0.3 is 0 Å². The van der Waals surface area contributed by atoms with Crippen molar-refractivity contribution in [2.75, 3.05) is 49.5 Å². The highest BCUT2D eigenvalue weighted by molar-refractivity contribution is 5.91. The van der Waals surface area contributed by atoms with Gasteiger partial charge in [0.25, 0.3) is 5.91 Å². The highest BCUT2D eigenvalue weighted by atomic mass is 16.5. The maximum Gasteiger partial charge on any atom is 0.289 e. The van der Waals surface area contributed by atoms with Crippen molar-refractivity contribution < 1.29 is 13.9 Å². The standard InChI is InChI=1S/C18H23N5O3/c24-17(15-4-2-12-26-15)23-9-7-22(8-10-23)16-5-6-19-18(21-16)20-13-14-3-1-11-25-14/h2,4-6,12,14H,1,3,7-11,13H2,(H,19,20,21).